The number of nitrogens with zero attached hydrogens (tertiary/aromatic N) is 4. The van der Waals surface area contributed by atoms with Crippen molar-refractivity contribution >= 4 is 65.7 Å². The Morgan fingerprint density at radius 2 is 1.59 bits per heavy atom. The number of nitro benzene ring substituents is 1. The molecule has 0 saturated carbocycles. The molecule has 0 aliphatic carbocycles. The van der Waals surface area contributed by atoms with Gasteiger partial charge in [0, 0.05) is 23.9 Å². The number of alkyl halides is 6. The van der Waals surface area contributed by atoms with Crippen molar-refractivity contribution in [1.29, 1.82) is 0 Å². The van der Waals surface area contributed by atoms with E-state index in [-0.39, 0.29) is 45.7 Å². The number of carbonyl (C=O) groups is 4. The van der Waals surface area contributed by atoms with Crippen LogP contribution in [0.3, 0.4) is 0 Å². The van der Waals surface area contributed by atoms with Crippen molar-refractivity contribution in [3.8, 4) is 16.7 Å². The number of anilines is 1. The van der Waals surface area contributed by atoms with Gasteiger partial charge in [0.05, 0.1) is 34.9 Å². The third-order valence-electron chi connectivity index (χ3n) is 6.95. The minimum Gasteiger partial charge on any atom is -0.480 e. The summed E-state index contributed by atoms with van der Waals surface area (Å²) in [5, 5.41) is 25.6. The number of benzene rings is 3. The van der Waals surface area contributed by atoms with E-state index in [1.807, 2.05) is 0 Å². The molecule has 4 rings (SSSR count). The van der Waals surface area contributed by atoms with Crippen LogP contribution in [0.25, 0.3) is 0 Å². The molecular formula is C35H34ClF7N5O14PS. The zero-order valence-corrected chi connectivity index (χ0v) is 35.4. The number of aliphatic carboxylic acids is 1. The molecule has 1 amide bonds. The third kappa shape index (κ3) is 18.8. The maximum absolute atomic E-state index is 13.0. The fourth-order valence-electron chi connectivity index (χ4n) is 4.41. The number of aromatic nitrogens is 2. The second-order valence-corrected chi connectivity index (χ2v) is 15.2. The summed E-state index contributed by atoms with van der Waals surface area (Å²) < 4.78 is 118. The topological polar surface area (TPSA) is 267 Å². The minimum absolute atomic E-state index is 0.0493. The van der Waals surface area contributed by atoms with E-state index in [4.69, 9.17) is 40.7 Å². The standard InChI is InChI=1S/C18H13ClF3NO7.C14H13F4N3O2S.C3H8NO5P/c1-2-28-16(24)9-29-17(25)12-8-11(4-5-14(12)23(26)27)30-15-6-3-10(7-13(15)19)18(20,21)22;1-8(2)21(10-5-3-9(15)4-6-10)11(22)7-23-13-20-19-12(24-13)14(16,17)18;5-3(6)1-4-2-10(7,8)9/h3-8H,2,9H2,1H3;3-6,8H,7H2,1-2H3;4H,1-2H2,(H,5,6)(H2,7,8,9). The van der Waals surface area contributed by atoms with Crippen LogP contribution in [0.4, 0.5) is 42.1 Å². The van der Waals surface area contributed by atoms with E-state index >= 15 is 0 Å². The fraction of sp³-hybridized carbons (Fsp3) is 0.314. The molecule has 0 atom stereocenters. The van der Waals surface area contributed by atoms with Gasteiger partial charge in [0.2, 0.25) is 5.01 Å². The summed E-state index contributed by atoms with van der Waals surface area (Å²) in [4.78, 5) is 73.5. The smallest absolute Gasteiger partial charge is 0.445 e. The average molecular weight is 980 g/mol. The van der Waals surface area contributed by atoms with Gasteiger partial charge in [-0.1, -0.05) is 28.0 Å². The van der Waals surface area contributed by atoms with Crippen LogP contribution in [0.2, 0.25) is 5.02 Å². The van der Waals surface area contributed by atoms with Gasteiger partial charge in [-0.15, -0.1) is 5.10 Å². The molecule has 1 aromatic heterocycles. The molecule has 19 nitrogen and oxygen atoms in total. The molecule has 0 aliphatic rings. The second-order valence-electron chi connectivity index (χ2n) is 12.2. The van der Waals surface area contributed by atoms with Gasteiger partial charge >= 0.3 is 37.9 Å². The Kier molecular flexibility index (Phi) is 20.5. The van der Waals surface area contributed by atoms with Crippen LogP contribution in [0.15, 0.2) is 60.7 Å². The van der Waals surface area contributed by atoms with E-state index < -0.39 is 102 Å². The molecular weight excluding hydrogens is 946 g/mol. The first kappa shape index (κ1) is 54.1. The van der Waals surface area contributed by atoms with Gasteiger partial charge in [-0.3, -0.25) is 29.6 Å². The fourth-order valence-corrected chi connectivity index (χ4v) is 5.59. The van der Waals surface area contributed by atoms with E-state index in [9.17, 15) is 64.6 Å². The van der Waals surface area contributed by atoms with E-state index in [2.05, 4.69) is 20.3 Å². The summed E-state index contributed by atoms with van der Waals surface area (Å²) in [5.41, 5.74) is -1.71. The Labute approximate surface area is 365 Å². The van der Waals surface area contributed by atoms with Crippen molar-refractivity contribution in [2.45, 2.75) is 39.2 Å². The number of hydrogen-bond acceptors (Lipinski definition) is 15. The molecule has 350 valence electrons. The second kappa shape index (κ2) is 24.2. The highest BCUT2D eigenvalue weighted by Crippen LogP contribution is 2.38. The maximum atomic E-state index is 13.0. The Balaban J connectivity index is 0.000000369. The lowest BCUT2D eigenvalue weighted by atomic mass is 10.1. The number of amides is 1. The zero-order chi connectivity index (χ0) is 48.6. The van der Waals surface area contributed by atoms with Crippen molar-refractivity contribution in [2.24, 2.45) is 0 Å². The van der Waals surface area contributed by atoms with Gasteiger partial charge in [0.25, 0.3) is 16.8 Å². The zero-order valence-electron chi connectivity index (χ0n) is 32.9. The first-order chi connectivity index (χ1) is 29.6. The summed E-state index contributed by atoms with van der Waals surface area (Å²) in [6.07, 6.45) is -9.81. The Hall–Kier alpha value is -5.99. The predicted molar refractivity (Wildman–Crippen MR) is 209 cm³/mol. The Morgan fingerprint density at radius 1 is 0.953 bits per heavy atom. The number of nitro groups is 1. The van der Waals surface area contributed by atoms with Crippen molar-refractivity contribution in [2.75, 3.05) is 37.6 Å². The first-order valence-corrected chi connectivity index (χ1v) is 20.4. The number of carboxylic acids is 1. The summed E-state index contributed by atoms with van der Waals surface area (Å²) in [6.45, 7) is 3.36. The van der Waals surface area contributed by atoms with Gasteiger partial charge < -0.3 is 38.7 Å². The van der Waals surface area contributed by atoms with E-state index in [0.29, 0.717) is 11.8 Å². The number of carboxylic acid groups (broad SMARTS) is 1. The van der Waals surface area contributed by atoms with Gasteiger partial charge in [-0.2, -0.15) is 26.3 Å². The molecule has 3 aromatic carbocycles. The maximum Gasteiger partial charge on any atom is 0.445 e. The lowest BCUT2D eigenvalue weighted by Crippen LogP contribution is -2.40. The summed E-state index contributed by atoms with van der Waals surface area (Å²) in [5.74, 6) is -4.45. The highest BCUT2D eigenvalue weighted by molar-refractivity contribution is 7.51. The number of hydrogen-bond donors (Lipinski definition) is 4. The van der Waals surface area contributed by atoms with Crippen LogP contribution < -0.4 is 19.7 Å². The van der Waals surface area contributed by atoms with E-state index in [1.165, 1.54) is 36.1 Å². The van der Waals surface area contributed by atoms with Gasteiger partial charge in [0.1, 0.15) is 22.9 Å². The van der Waals surface area contributed by atoms with Crippen LogP contribution in [0, 0.1) is 15.9 Å². The van der Waals surface area contributed by atoms with Crippen LogP contribution in [-0.4, -0.2) is 92.5 Å². The van der Waals surface area contributed by atoms with Gasteiger partial charge in [-0.25, -0.2) is 14.0 Å². The summed E-state index contributed by atoms with van der Waals surface area (Å²) in [7, 11) is -4.10. The Bertz CT molecular complexity index is 2300. The number of ether oxygens (including phenoxy) is 4. The van der Waals surface area contributed by atoms with Crippen LogP contribution in [0.1, 0.15) is 41.7 Å². The summed E-state index contributed by atoms with van der Waals surface area (Å²) in [6, 6.07) is 10.4. The number of esters is 2. The predicted octanol–water partition coefficient (Wildman–Crippen LogP) is 7.09. The first-order valence-electron chi connectivity index (χ1n) is 17.4. The minimum atomic E-state index is -4.61. The monoisotopic (exact) mass is 979 g/mol. The molecule has 0 saturated heterocycles. The van der Waals surface area contributed by atoms with Crippen molar-refractivity contribution in [3.63, 3.8) is 0 Å². The lowest BCUT2D eigenvalue weighted by Gasteiger charge is -2.26. The quantitative estimate of drug-likeness (QED) is 0.0287. The highest BCUT2D eigenvalue weighted by atomic mass is 35.5. The number of nitrogens with one attached hydrogen (secondary N) is 1. The third-order valence-corrected chi connectivity index (χ3v) is 8.76. The molecule has 4 N–H and O–H groups in total. The van der Waals surface area contributed by atoms with Crippen LogP contribution in [0.5, 0.6) is 16.7 Å². The largest absolute Gasteiger partial charge is 0.480 e. The average Bonchev–Trinajstić information content (AvgIpc) is 3.67. The molecule has 64 heavy (non-hydrogen) atoms. The highest BCUT2D eigenvalue weighted by Gasteiger charge is 2.36. The van der Waals surface area contributed by atoms with E-state index in [0.717, 1.165) is 30.3 Å². The molecule has 0 fully saturated rings. The van der Waals surface area contributed by atoms with Crippen LogP contribution in [-0.2, 0) is 40.8 Å². The number of halogens is 8. The van der Waals surface area contributed by atoms with Crippen molar-refractivity contribution in [1.82, 2.24) is 15.5 Å². The molecule has 0 unspecified atom stereocenters. The number of carbonyl (C=O) groups excluding carboxylic acids is 3. The molecule has 4 aromatic rings. The molecule has 0 bridgehead atoms. The molecule has 0 spiro atoms. The lowest BCUT2D eigenvalue weighted by molar-refractivity contribution is -0.385. The van der Waals surface area contributed by atoms with Crippen LogP contribution >= 0.6 is 30.5 Å². The normalized spacial score (nSPS) is 11.3. The molecule has 0 radical (unpaired) electrons. The number of rotatable bonds is 16. The van der Waals surface area contributed by atoms with Gasteiger partial charge in [0.15, 0.2) is 13.2 Å². The van der Waals surface area contributed by atoms with Crippen molar-refractivity contribution in [3.05, 3.63) is 97.8 Å². The molecule has 29 heteroatoms. The van der Waals surface area contributed by atoms with Crippen molar-refractivity contribution < 1.29 is 93.2 Å². The van der Waals surface area contributed by atoms with Gasteiger partial charge in [-0.05, 0) is 69.3 Å². The summed E-state index contributed by atoms with van der Waals surface area (Å²) >= 11 is 6.02. The molecule has 0 aliphatic heterocycles. The Morgan fingerprint density at radius 3 is 2.09 bits per heavy atom. The SMILES string of the molecule is CC(C)N(C(=O)COc1nnc(C(F)(F)F)s1)c1ccc(F)cc1.CCOC(=O)COC(=O)c1cc(Oc2ccc(C(F)(F)F)cc2Cl)ccc1[N+](=O)[O-].O=C(O)CNCP(=O)(O)O. The van der Waals surface area contributed by atoms with E-state index in [1.54, 1.807) is 13.8 Å². The molecule has 1 heterocycles.